The van der Waals surface area contributed by atoms with E-state index in [9.17, 15) is 14.7 Å². The number of phenols is 1. The van der Waals surface area contributed by atoms with Gasteiger partial charge in [0.15, 0.2) is 0 Å². The molecule has 0 fully saturated rings. The summed E-state index contributed by atoms with van der Waals surface area (Å²) in [4.78, 5) is 25.9. The van der Waals surface area contributed by atoms with Crippen LogP contribution in [0.25, 0.3) is 10.9 Å². The number of nitrogens with zero attached hydrogens (tertiary/aromatic N) is 2. The van der Waals surface area contributed by atoms with Gasteiger partial charge in [0.05, 0.1) is 11.2 Å². The molecule has 0 radical (unpaired) electrons. The molecule has 8 nitrogen and oxygen atoms in total. The van der Waals surface area contributed by atoms with E-state index in [1.807, 2.05) is 102 Å². The summed E-state index contributed by atoms with van der Waals surface area (Å²) in [6.07, 6.45) is 1.77. The minimum absolute atomic E-state index is 0.166. The molecule has 2 heterocycles. The molecule has 0 atom stereocenters. The monoisotopic (exact) mass is 558 g/mol. The van der Waals surface area contributed by atoms with Crippen LogP contribution in [-0.2, 0) is 22.5 Å². The number of benzene rings is 3. The van der Waals surface area contributed by atoms with E-state index in [0.717, 1.165) is 39.9 Å². The third-order valence-corrected chi connectivity index (χ3v) is 6.08. The second-order valence-corrected chi connectivity index (χ2v) is 11.9. The average molecular weight is 559 g/mol. The SMILES string of the molecule is CC(C)(C)OC(=O)N1CCc2ccc(O)cc21.CC(C)(C)OC(=O)n1ccc2ccc(OCc3ccccc3)cc21. The maximum absolute atomic E-state index is 12.3. The molecule has 0 saturated heterocycles. The summed E-state index contributed by atoms with van der Waals surface area (Å²) in [6, 6.07) is 22.7. The predicted octanol–water partition coefficient (Wildman–Crippen LogP) is 7.69. The summed E-state index contributed by atoms with van der Waals surface area (Å²) >= 11 is 0. The van der Waals surface area contributed by atoms with Gasteiger partial charge in [-0.15, -0.1) is 0 Å². The fourth-order valence-corrected chi connectivity index (χ4v) is 4.28. The fourth-order valence-electron chi connectivity index (χ4n) is 4.28. The molecule has 1 N–H and O–H groups in total. The zero-order valence-electron chi connectivity index (χ0n) is 24.5. The first kappa shape index (κ1) is 29.5. The van der Waals surface area contributed by atoms with Gasteiger partial charge < -0.3 is 19.3 Å². The van der Waals surface area contributed by atoms with Crippen molar-refractivity contribution in [3.05, 3.63) is 90.1 Å². The van der Waals surface area contributed by atoms with Crippen molar-refractivity contribution >= 4 is 28.8 Å². The minimum Gasteiger partial charge on any atom is -0.508 e. The quantitative estimate of drug-likeness (QED) is 0.277. The molecular weight excluding hydrogens is 520 g/mol. The Balaban J connectivity index is 0.000000201. The maximum Gasteiger partial charge on any atom is 0.418 e. The highest BCUT2D eigenvalue weighted by molar-refractivity contribution is 5.91. The Morgan fingerprint density at radius 1 is 0.829 bits per heavy atom. The number of carbonyl (C=O) groups is 2. The first-order valence-electron chi connectivity index (χ1n) is 13.6. The number of aromatic hydroxyl groups is 1. The summed E-state index contributed by atoms with van der Waals surface area (Å²) in [6.45, 7) is 12.2. The molecule has 0 spiro atoms. The molecule has 1 aliphatic heterocycles. The molecule has 1 aromatic heterocycles. The third kappa shape index (κ3) is 8.03. The van der Waals surface area contributed by atoms with E-state index in [-0.39, 0.29) is 11.8 Å². The van der Waals surface area contributed by atoms with Crippen LogP contribution in [-0.4, -0.2) is 39.6 Å². The Hall–Kier alpha value is -4.46. The van der Waals surface area contributed by atoms with Crippen LogP contribution in [0.4, 0.5) is 15.3 Å². The van der Waals surface area contributed by atoms with E-state index >= 15 is 0 Å². The van der Waals surface area contributed by atoms with Crippen LogP contribution in [0, 0.1) is 0 Å². The molecule has 0 aliphatic carbocycles. The lowest BCUT2D eigenvalue weighted by molar-refractivity contribution is 0.0541. The van der Waals surface area contributed by atoms with Crippen LogP contribution in [0.1, 0.15) is 52.7 Å². The number of phenolic OH excluding ortho intramolecular Hbond substituents is 1. The minimum atomic E-state index is -0.533. The van der Waals surface area contributed by atoms with Crippen LogP contribution in [0.5, 0.6) is 11.5 Å². The van der Waals surface area contributed by atoms with E-state index in [4.69, 9.17) is 14.2 Å². The molecule has 3 aromatic carbocycles. The van der Waals surface area contributed by atoms with E-state index in [0.29, 0.717) is 13.2 Å². The normalized spacial score (nSPS) is 12.8. The van der Waals surface area contributed by atoms with Crippen molar-refractivity contribution in [1.29, 1.82) is 0 Å². The van der Waals surface area contributed by atoms with Crippen molar-refractivity contribution in [1.82, 2.24) is 4.57 Å². The van der Waals surface area contributed by atoms with Gasteiger partial charge >= 0.3 is 12.2 Å². The molecule has 0 unspecified atom stereocenters. The second-order valence-electron chi connectivity index (χ2n) is 11.9. The second kappa shape index (κ2) is 12.0. The molecule has 5 rings (SSSR count). The lowest BCUT2D eigenvalue weighted by Gasteiger charge is -2.24. The molecular formula is C33H38N2O6. The Bertz CT molecular complexity index is 1510. The predicted molar refractivity (Wildman–Crippen MR) is 160 cm³/mol. The summed E-state index contributed by atoms with van der Waals surface area (Å²) in [7, 11) is 0. The number of hydrogen-bond donors (Lipinski definition) is 1. The molecule has 41 heavy (non-hydrogen) atoms. The average Bonchev–Trinajstić information content (AvgIpc) is 3.50. The smallest absolute Gasteiger partial charge is 0.418 e. The van der Waals surface area contributed by atoms with Crippen molar-refractivity contribution in [2.24, 2.45) is 0 Å². The maximum atomic E-state index is 12.3. The van der Waals surface area contributed by atoms with Crippen LogP contribution >= 0.6 is 0 Å². The number of rotatable bonds is 3. The van der Waals surface area contributed by atoms with Gasteiger partial charge in [-0.25, -0.2) is 9.59 Å². The number of ether oxygens (including phenoxy) is 3. The molecule has 1 amide bonds. The van der Waals surface area contributed by atoms with Gasteiger partial charge in [-0.2, -0.15) is 0 Å². The van der Waals surface area contributed by atoms with Gasteiger partial charge in [0, 0.05) is 30.3 Å². The van der Waals surface area contributed by atoms with Crippen molar-refractivity contribution in [3.63, 3.8) is 0 Å². The molecule has 216 valence electrons. The van der Waals surface area contributed by atoms with Crippen molar-refractivity contribution in [2.75, 3.05) is 11.4 Å². The van der Waals surface area contributed by atoms with Crippen LogP contribution in [0.3, 0.4) is 0 Å². The Labute approximate surface area is 241 Å². The van der Waals surface area contributed by atoms with Crippen molar-refractivity contribution in [2.45, 2.75) is 65.8 Å². The van der Waals surface area contributed by atoms with Gasteiger partial charge in [-0.1, -0.05) is 36.4 Å². The Morgan fingerprint density at radius 2 is 1.51 bits per heavy atom. The first-order valence-corrected chi connectivity index (χ1v) is 13.6. The molecule has 8 heteroatoms. The third-order valence-electron chi connectivity index (χ3n) is 6.08. The zero-order chi connectivity index (χ0) is 29.8. The lowest BCUT2D eigenvalue weighted by atomic mass is 10.1. The summed E-state index contributed by atoms with van der Waals surface area (Å²) in [5.41, 5.74) is 2.65. The van der Waals surface area contributed by atoms with E-state index in [2.05, 4.69) is 0 Å². The van der Waals surface area contributed by atoms with Gasteiger partial charge in [0.1, 0.15) is 29.3 Å². The number of fused-ring (bicyclic) bond motifs is 2. The van der Waals surface area contributed by atoms with Crippen LogP contribution in [0.15, 0.2) is 79.0 Å². The number of carbonyl (C=O) groups excluding carboxylic acids is 2. The van der Waals surface area contributed by atoms with Crippen molar-refractivity contribution in [3.8, 4) is 11.5 Å². The van der Waals surface area contributed by atoms with Crippen molar-refractivity contribution < 1.29 is 28.9 Å². The van der Waals surface area contributed by atoms with Crippen LogP contribution in [0.2, 0.25) is 0 Å². The zero-order valence-corrected chi connectivity index (χ0v) is 24.5. The number of hydrogen-bond acceptors (Lipinski definition) is 6. The molecule has 1 aliphatic rings. The lowest BCUT2D eigenvalue weighted by Crippen LogP contribution is -2.35. The number of amides is 1. The molecule has 0 bridgehead atoms. The van der Waals surface area contributed by atoms with Gasteiger partial charge in [-0.05, 0) is 83.4 Å². The first-order chi connectivity index (χ1) is 19.3. The summed E-state index contributed by atoms with van der Waals surface area (Å²) in [5, 5.41) is 10.4. The highest BCUT2D eigenvalue weighted by Gasteiger charge is 2.29. The number of aromatic nitrogens is 1. The fraction of sp³-hybridized carbons (Fsp3) is 0.333. The van der Waals surface area contributed by atoms with Gasteiger partial charge in [0.2, 0.25) is 0 Å². The highest BCUT2D eigenvalue weighted by atomic mass is 16.6. The Morgan fingerprint density at radius 3 is 2.20 bits per heavy atom. The van der Waals surface area contributed by atoms with Crippen LogP contribution < -0.4 is 9.64 Å². The summed E-state index contributed by atoms with van der Waals surface area (Å²) < 4.78 is 18.1. The molecule has 4 aromatic rings. The molecule has 0 saturated carbocycles. The van der Waals surface area contributed by atoms with E-state index in [1.165, 1.54) is 4.57 Å². The standard InChI is InChI=1S/C20H21NO3.C13H17NO3/c1-20(2,3)24-19(22)21-12-11-16-9-10-17(13-18(16)21)23-14-15-7-5-4-6-8-15;1-13(2,3)17-12(16)14-7-6-9-4-5-10(15)8-11(9)14/h4-13H,14H2,1-3H3;4-5,8,15H,6-7H2,1-3H3. The van der Waals surface area contributed by atoms with Gasteiger partial charge in [-0.3, -0.25) is 9.47 Å². The highest BCUT2D eigenvalue weighted by Crippen LogP contribution is 2.32. The van der Waals surface area contributed by atoms with E-state index < -0.39 is 17.3 Å². The van der Waals surface area contributed by atoms with E-state index in [1.54, 1.807) is 23.2 Å². The number of anilines is 1. The summed E-state index contributed by atoms with van der Waals surface area (Å²) in [5.74, 6) is 0.883. The topological polar surface area (TPSA) is 90.2 Å². The largest absolute Gasteiger partial charge is 0.508 e. The Kier molecular flexibility index (Phi) is 8.61. The van der Waals surface area contributed by atoms with Gasteiger partial charge in [0.25, 0.3) is 0 Å².